The molecule has 122 valence electrons. The van der Waals surface area contributed by atoms with Gasteiger partial charge in [-0.3, -0.25) is 9.78 Å². The lowest BCUT2D eigenvalue weighted by molar-refractivity contribution is -0.133. The SMILES string of the molecule is CC(C)CC(O)C1CCN(C(=O)CCc2ccncc2)CC1. The van der Waals surface area contributed by atoms with E-state index in [2.05, 4.69) is 18.8 Å². The summed E-state index contributed by atoms with van der Waals surface area (Å²) in [4.78, 5) is 18.2. The van der Waals surface area contributed by atoms with Crippen molar-refractivity contribution in [3.8, 4) is 0 Å². The molecule has 2 heterocycles. The quantitative estimate of drug-likeness (QED) is 0.879. The van der Waals surface area contributed by atoms with Gasteiger partial charge in [-0.2, -0.15) is 0 Å². The zero-order valence-electron chi connectivity index (χ0n) is 13.7. The van der Waals surface area contributed by atoms with Crippen molar-refractivity contribution in [2.24, 2.45) is 11.8 Å². The normalized spacial score (nSPS) is 17.7. The van der Waals surface area contributed by atoms with Crippen LogP contribution in [0.2, 0.25) is 0 Å². The van der Waals surface area contributed by atoms with E-state index in [-0.39, 0.29) is 12.0 Å². The van der Waals surface area contributed by atoms with Crippen LogP contribution in [0.5, 0.6) is 0 Å². The molecule has 0 saturated carbocycles. The fourth-order valence-electron chi connectivity index (χ4n) is 3.17. The fraction of sp³-hybridized carbons (Fsp3) is 0.667. The Balaban J connectivity index is 1.73. The summed E-state index contributed by atoms with van der Waals surface area (Å²) in [5, 5.41) is 10.2. The van der Waals surface area contributed by atoms with E-state index in [4.69, 9.17) is 0 Å². The van der Waals surface area contributed by atoms with Crippen molar-refractivity contribution < 1.29 is 9.90 Å². The van der Waals surface area contributed by atoms with E-state index >= 15 is 0 Å². The van der Waals surface area contributed by atoms with Crippen molar-refractivity contribution in [1.29, 1.82) is 0 Å². The Bertz CT molecular complexity index is 453. The van der Waals surface area contributed by atoms with Crippen LogP contribution in [0.4, 0.5) is 0 Å². The van der Waals surface area contributed by atoms with Gasteiger partial charge < -0.3 is 10.0 Å². The number of aryl methyl sites for hydroxylation is 1. The molecule has 4 heteroatoms. The number of piperidine rings is 1. The number of hydrogen-bond acceptors (Lipinski definition) is 3. The van der Waals surface area contributed by atoms with Gasteiger partial charge in [-0.05, 0) is 55.2 Å². The van der Waals surface area contributed by atoms with Crippen LogP contribution in [0, 0.1) is 11.8 Å². The Morgan fingerprint density at radius 1 is 1.32 bits per heavy atom. The molecule has 1 saturated heterocycles. The number of likely N-dealkylation sites (tertiary alicyclic amines) is 1. The molecule has 2 rings (SSSR count). The number of amides is 1. The Hall–Kier alpha value is -1.42. The van der Waals surface area contributed by atoms with Gasteiger partial charge in [0.2, 0.25) is 5.91 Å². The second-order valence-electron chi connectivity index (χ2n) is 6.77. The number of aliphatic hydroxyl groups is 1. The number of rotatable bonds is 6. The summed E-state index contributed by atoms with van der Waals surface area (Å²) < 4.78 is 0. The second-order valence-corrected chi connectivity index (χ2v) is 6.77. The topological polar surface area (TPSA) is 53.4 Å². The number of aromatic nitrogens is 1. The van der Waals surface area contributed by atoms with Crippen molar-refractivity contribution >= 4 is 5.91 Å². The van der Waals surface area contributed by atoms with Gasteiger partial charge >= 0.3 is 0 Å². The number of hydrogen-bond donors (Lipinski definition) is 1. The molecule has 0 bridgehead atoms. The van der Waals surface area contributed by atoms with E-state index in [1.807, 2.05) is 17.0 Å². The molecule has 0 aliphatic carbocycles. The van der Waals surface area contributed by atoms with Gasteiger partial charge in [-0.15, -0.1) is 0 Å². The Morgan fingerprint density at radius 2 is 1.95 bits per heavy atom. The van der Waals surface area contributed by atoms with E-state index < -0.39 is 0 Å². The third-order valence-electron chi connectivity index (χ3n) is 4.53. The number of pyridine rings is 1. The van der Waals surface area contributed by atoms with Gasteiger partial charge in [0.05, 0.1) is 6.10 Å². The van der Waals surface area contributed by atoms with E-state index in [0.29, 0.717) is 18.3 Å². The molecule has 22 heavy (non-hydrogen) atoms. The predicted octanol–water partition coefficient (Wildman–Crippen LogP) is 2.66. The van der Waals surface area contributed by atoms with Crippen LogP contribution in [0.25, 0.3) is 0 Å². The monoisotopic (exact) mass is 304 g/mol. The zero-order valence-corrected chi connectivity index (χ0v) is 13.7. The van der Waals surface area contributed by atoms with Gasteiger partial charge in [0.25, 0.3) is 0 Å². The first-order chi connectivity index (χ1) is 10.6. The molecule has 1 fully saturated rings. The molecular weight excluding hydrogens is 276 g/mol. The number of nitrogens with zero attached hydrogens (tertiary/aromatic N) is 2. The summed E-state index contributed by atoms with van der Waals surface area (Å²) in [6.07, 6.45) is 7.36. The zero-order chi connectivity index (χ0) is 15.9. The highest BCUT2D eigenvalue weighted by molar-refractivity contribution is 5.76. The van der Waals surface area contributed by atoms with Crippen LogP contribution < -0.4 is 0 Å². The third kappa shape index (κ3) is 5.09. The summed E-state index contributed by atoms with van der Waals surface area (Å²) in [6.45, 7) is 5.85. The molecule has 1 N–H and O–H groups in total. The van der Waals surface area contributed by atoms with E-state index in [1.165, 1.54) is 0 Å². The number of carbonyl (C=O) groups excluding carboxylic acids is 1. The highest BCUT2D eigenvalue weighted by atomic mass is 16.3. The Morgan fingerprint density at radius 3 is 2.55 bits per heavy atom. The largest absolute Gasteiger partial charge is 0.393 e. The fourth-order valence-corrected chi connectivity index (χ4v) is 3.17. The Kier molecular flexibility index (Phi) is 6.37. The molecule has 0 spiro atoms. The summed E-state index contributed by atoms with van der Waals surface area (Å²) in [7, 11) is 0. The molecule has 1 aliphatic rings. The molecular formula is C18H28N2O2. The van der Waals surface area contributed by atoms with Crippen molar-refractivity contribution in [3.63, 3.8) is 0 Å². The van der Waals surface area contributed by atoms with Gasteiger partial charge in [-0.1, -0.05) is 13.8 Å². The second kappa shape index (κ2) is 8.28. The number of aliphatic hydroxyl groups excluding tert-OH is 1. The molecule has 4 nitrogen and oxygen atoms in total. The van der Waals surface area contributed by atoms with Crippen LogP contribution in [-0.2, 0) is 11.2 Å². The van der Waals surface area contributed by atoms with Crippen LogP contribution in [0.3, 0.4) is 0 Å². The molecule has 1 aromatic rings. The maximum absolute atomic E-state index is 12.3. The minimum atomic E-state index is -0.214. The first kappa shape index (κ1) is 16.9. The van der Waals surface area contributed by atoms with E-state index in [0.717, 1.165) is 44.3 Å². The summed E-state index contributed by atoms with van der Waals surface area (Å²) in [6, 6.07) is 3.92. The van der Waals surface area contributed by atoms with Crippen molar-refractivity contribution in [2.75, 3.05) is 13.1 Å². The maximum atomic E-state index is 12.3. The minimum Gasteiger partial charge on any atom is -0.393 e. The average Bonchev–Trinajstić information content (AvgIpc) is 2.53. The lowest BCUT2D eigenvalue weighted by atomic mass is 9.87. The van der Waals surface area contributed by atoms with Crippen LogP contribution >= 0.6 is 0 Å². The standard InChI is InChI=1S/C18H28N2O2/c1-14(2)13-17(21)16-7-11-20(12-8-16)18(22)4-3-15-5-9-19-10-6-15/h5-6,9-10,14,16-17,21H,3-4,7-8,11-13H2,1-2H3. The van der Waals surface area contributed by atoms with E-state index in [1.54, 1.807) is 12.4 Å². The van der Waals surface area contributed by atoms with Crippen LogP contribution in [0.1, 0.15) is 45.1 Å². The summed E-state index contributed by atoms with van der Waals surface area (Å²) in [5.41, 5.74) is 1.16. The smallest absolute Gasteiger partial charge is 0.222 e. The summed E-state index contributed by atoms with van der Waals surface area (Å²) in [5.74, 6) is 1.11. The van der Waals surface area contributed by atoms with Gasteiger partial charge in [0.15, 0.2) is 0 Å². The molecule has 1 atom stereocenters. The summed E-state index contributed by atoms with van der Waals surface area (Å²) >= 11 is 0. The maximum Gasteiger partial charge on any atom is 0.222 e. The highest BCUT2D eigenvalue weighted by Gasteiger charge is 2.27. The van der Waals surface area contributed by atoms with Gasteiger partial charge in [-0.25, -0.2) is 0 Å². The highest BCUT2D eigenvalue weighted by Crippen LogP contribution is 2.25. The first-order valence-corrected chi connectivity index (χ1v) is 8.41. The van der Waals surface area contributed by atoms with E-state index in [9.17, 15) is 9.90 Å². The minimum absolute atomic E-state index is 0.214. The van der Waals surface area contributed by atoms with Gasteiger partial charge in [0.1, 0.15) is 0 Å². The van der Waals surface area contributed by atoms with Crippen LogP contribution in [0.15, 0.2) is 24.5 Å². The molecule has 0 aromatic carbocycles. The van der Waals surface area contributed by atoms with Gasteiger partial charge in [0, 0.05) is 31.9 Å². The van der Waals surface area contributed by atoms with Crippen molar-refractivity contribution in [3.05, 3.63) is 30.1 Å². The Labute approximate surface area is 133 Å². The first-order valence-electron chi connectivity index (χ1n) is 8.41. The molecule has 1 unspecified atom stereocenters. The number of carbonyl (C=O) groups is 1. The lowest BCUT2D eigenvalue weighted by Gasteiger charge is -2.34. The molecule has 0 radical (unpaired) electrons. The molecule has 1 aromatic heterocycles. The lowest BCUT2D eigenvalue weighted by Crippen LogP contribution is -2.41. The average molecular weight is 304 g/mol. The molecule has 1 amide bonds. The third-order valence-corrected chi connectivity index (χ3v) is 4.53. The van der Waals surface area contributed by atoms with Crippen LogP contribution in [-0.4, -0.2) is 40.1 Å². The van der Waals surface area contributed by atoms with Crippen molar-refractivity contribution in [1.82, 2.24) is 9.88 Å². The van der Waals surface area contributed by atoms with Crippen molar-refractivity contribution in [2.45, 2.75) is 52.1 Å². The predicted molar refractivity (Wildman–Crippen MR) is 87.3 cm³/mol. The molecule has 1 aliphatic heterocycles.